The molecule has 0 spiro atoms. The largest absolute Gasteiger partial charge is 0.391 e. The van der Waals surface area contributed by atoms with E-state index < -0.39 is 0 Å². The van der Waals surface area contributed by atoms with Crippen molar-refractivity contribution < 1.29 is 5.11 Å². The molecule has 1 aromatic carbocycles. The van der Waals surface area contributed by atoms with E-state index in [4.69, 9.17) is 0 Å². The first-order valence-corrected chi connectivity index (χ1v) is 5.70. The third-order valence-corrected chi connectivity index (χ3v) is 2.68. The van der Waals surface area contributed by atoms with Gasteiger partial charge in [-0.15, -0.1) is 0 Å². The molecule has 2 nitrogen and oxygen atoms in total. The van der Waals surface area contributed by atoms with E-state index in [1.165, 1.54) is 5.56 Å². The van der Waals surface area contributed by atoms with Crippen LogP contribution in [0.4, 0.5) is 0 Å². The van der Waals surface area contributed by atoms with Crippen LogP contribution >= 0.6 is 0 Å². The fourth-order valence-electron chi connectivity index (χ4n) is 1.73. The van der Waals surface area contributed by atoms with E-state index in [-0.39, 0.29) is 6.10 Å². The van der Waals surface area contributed by atoms with Gasteiger partial charge >= 0.3 is 0 Å². The summed E-state index contributed by atoms with van der Waals surface area (Å²) < 4.78 is 0. The van der Waals surface area contributed by atoms with Gasteiger partial charge in [0.2, 0.25) is 0 Å². The molecule has 0 aliphatic rings. The van der Waals surface area contributed by atoms with Crippen molar-refractivity contribution >= 4 is 0 Å². The second-order valence-corrected chi connectivity index (χ2v) is 3.83. The van der Waals surface area contributed by atoms with Crippen molar-refractivity contribution in [3.05, 3.63) is 35.9 Å². The number of aliphatic hydroxyl groups is 1. The molecule has 0 fully saturated rings. The average Bonchev–Trinajstić information content (AvgIpc) is 2.27. The van der Waals surface area contributed by atoms with Gasteiger partial charge in [-0.3, -0.25) is 0 Å². The summed E-state index contributed by atoms with van der Waals surface area (Å²) in [7, 11) is 0. The molecular formula is C13H21NO. The maximum absolute atomic E-state index is 9.89. The van der Waals surface area contributed by atoms with Gasteiger partial charge in [-0.25, -0.2) is 0 Å². The van der Waals surface area contributed by atoms with Gasteiger partial charge in [0.25, 0.3) is 0 Å². The van der Waals surface area contributed by atoms with Crippen molar-refractivity contribution in [2.75, 3.05) is 19.6 Å². The van der Waals surface area contributed by atoms with E-state index >= 15 is 0 Å². The monoisotopic (exact) mass is 207 g/mol. The molecule has 1 N–H and O–H groups in total. The highest BCUT2D eigenvalue weighted by Gasteiger charge is 2.09. The Labute approximate surface area is 92.5 Å². The summed E-state index contributed by atoms with van der Waals surface area (Å²) in [5.41, 5.74) is 1.21. The molecule has 2 heteroatoms. The number of rotatable bonds is 6. The van der Waals surface area contributed by atoms with Crippen LogP contribution in [0, 0.1) is 0 Å². The standard InChI is InChI=1S/C13H21NO/c1-3-14(4-2)11-13(15)10-12-8-6-5-7-9-12/h5-9,13,15H,3-4,10-11H2,1-2H3. The number of benzene rings is 1. The Kier molecular flexibility index (Phi) is 5.37. The first-order valence-electron chi connectivity index (χ1n) is 5.70. The fraction of sp³-hybridized carbons (Fsp3) is 0.538. The first kappa shape index (κ1) is 12.2. The number of likely N-dealkylation sites (N-methyl/N-ethyl adjacent to an activating group) is 1. The number of hydrogen-bond acceptors (Lipinski definition) is 2. The average molecular weight is 207 g/mol. The highest BCUT2D eigenvalue weighted by molar-refractivity contribution is 5.15. The van der Waals surface area contributed by atoms with Crippen LogP contribution in [0.25, 0.3) is 0 Å². The van der Waals surface area contributed by atoms with E-state index in [1.807, 2.05) is 18.2 Å². The summed E-state index contributed by atoms with van der Waals surface area (Å²) in [6.45, 7) is 7.02. The van der Waals surface area contributed by atoms with E-state index in [0.29, 0.717) is 0 Å². The zero-order chi connectivity index (χ0) is 11.1. The summed E-state index contributed by atoms with van der Waals surface area (Å²) in [6.07, 6.45) is 0.490. The van der Waals surface area contributed by atoms with Gasteiger partial charge in [-0.2, -0.15) is 0 Å². The minimum Gasteiger partial charge on any atom is -0.391 e. The van der Waals surface area contributed by atoms with Crippen molar-refractivity contribution in [2.24, 2.45) is 0 Å². The Bertz CT molecular complexity index is 256. The van der Waals surface area contributed by atoms with Crippen molar-refractivity contribution in [3.63, 3.8) is 0 Å². The second kappa shape index (κ2) is 6.59. The molecule has 0 aliphatic carbocycles. The second-order valence-electron chi connectivity index (χ2n) is 3.83. The molecule has 0 bridgehead atoms. The highest BCUT2D eigenvalue weighted by Crippen LogP contribution is 2.04. The molecule has 1 rings (SSSR count). The molecule has 1 unspecified atom stereocenters. The zero-order valence-electron chi connectivity index (χ0n) is 9.69. The molecule has 1 atom stereocenters. The predicted molar refractivity (Wildman–Crippen MR) is 63.9 cm³/mol. The normalized spacial score (nSPS) is 13.1. The van der Waals surface area contributed by atoms with Crippen LogP contribution in [-0.2, 0) is 6.42 Å². The first-order chi connectivity index (χ1) is 7.26. The molecular weight excluding hydrogens is 186 g/mol. The zero-order valence-corrected chi connectivity index (χ0v) is 9.69. The molecule has 84 valence electrons. The van der Waals surface area contributed by atoms with Crippen LogP contribution in [0.3, 0.4) is 0 Å². The summed E-state index contributed by atoms with van der Waals surface area (Å²) in [5, 5.41) is 9.89. The van der Waals surface area contributed by atoms with Crippen LogP contribution in [0.2, 0.25) is 0 Å². The molecule has 15 heavy (non-hydrogen) atoms. The number of hydrogen-bond donors (Lipinski definition) is 1. The minimum atomic E-state index is -0.257. The third-order valence-electron chi connectivity index (χ3n) is 2.68. The summed E-state index contributed by atoms with van der Waals surface area (Å²) in [5.74, 6) is 0. The topological polar surface area (TPSA) is 23.5 Å². The van der Waals surface area contributed by atoms with Gasteiger partial charge < -0.3 is 10.0 Å². The lowest BCUT2D eigenvalue weighted by molar-refractivity contribution is 0.118. The molecule has 0 amide bonds. The van der Waals surface area contributed by atoms with E-state index in [9.17, 15) is 5.11 Å². The van der Waals surface area contributed by atoms with E-state index in [1.54, 1.807) is 0 Å². The minimum absolute atomic E-state index is 0.257. The SMILES string of the molecule is CCN(CC)CC(O)Cc1ccccc1. The quantitative estimate of drug-likeness (QED) is 0.770. The molecule has 0 aromatic heterocycles. The van der Waals surface area contributed by atoms with Crippen LogP contribution < -0.4 is 0 Å². The van der Waals surface area contributed by atoms with Crippen molar-refractivity contribution in [3.8, 4) is 0 Å². The van der Waals surface area contributed by atoms with Crippen LogP contribution in [0.15, 0.2) is 30.3 Å². The Balaban J connectivity index is 2.39. The molecule has 1 aromatic rings. The smallest absolute Gasteiger partial charge is 0.0707 e. The van der Waals surface area contributed by atoms with Gasteiger partial charge in [0.05, 0.1) is 6.10 Å². The summed E-state index contributed by atoms with van der Waals surface area (Å²) in [4.78, 5) is 2.24. The molecule has 0 aliphatic heterocycles. The molecule has 0 saturated heterocycles. The van der Waals surface area contributed by atoms with Crippen LogP contribution in [0.5, 0.6) is 0 Å². The summed E-state index contributed by atoms with van der Waals surface area (Å²) >= 11 is 0. The van der Waals surface area contributed by atoms with Crippen molar-refractivity contribution in [2.45, 2.75) is 26.4 Å². The van der Waals surface area contributed by atoms with E-state index in [0.717, 1.165) is 26.1 Å². The maximum Gasteiger partial charge on any atom is 0.0707 e. The Morgan fingerprint density at radius 1 is 1.13 bits per heavy atom. The lowest BCUT2D eigenvalue weighted by Gasteiger charge is -2.21. The highest BCUT2D eigenvalue weighted by atomic mass is 16.3. The molecule has 0 heterocycles. The number of aliphatic hydroxyl groups excluding tert-OH is 1. The lowest BCUT2D eigenvalue weighted by Crippen LogP contribution is -2.33. The number of nitrogens with zero attached hydrogens (tertiary/aromatic N) is 1. The fourth-order valence-corrected chi connectivity index (χ4v) is 1.73. The Morgan fingerprint density at radius 2 is 1.73 bits per heavy atom. The van der Waals surface area contributed by atoms with Crippen LogP contribution in [0.1, 0.15) is 19.4 Å². The Morgan fingerprint density at radius 3 is 2.27 bits per heavy atom. The predicted octanol–water partition coefficient (Wildman–Crippen LogP) is 1.93. The van der Waals surface area contributed by atoms with E-state index in [2.05, 4.69) is 30.9 Å². The van der Waals surface area contributed by atoms with Crippen LogP contribution in [-0.4, -0.2) is 35.7 Å². The Hall–Kier alpha value is -0.860. The summed E-state index contributed by atoms with van der Waals surface area (Å²) in [6, 6.07) is 10.1. The van der Waals surface area contributed by atoms with Crippen molar-refractivity contribution in [1.82, 2.24) is 4.90 Å². The van der Waals surface area contributed by atoms with Crippen molar-refractivity contribution in [1.29, 1.82) is 0 Å². The molecule has 0 saturated carbocycles. The maximum atomic E-state index is 9.89. The van der Waals surface area contributed by atoms with Gasteiger partial charge in [-0.05, 0) is 25.1 Å². The molecule has 0 radical (unpaired) electrons. The lowest BCUT2D eigenvalue weighted by atomic mass is 10.1. The third kappa shape index (κ3) is 4.45. The van der Waals surface area contributed by atoms with Gasteiger partial charge in [-0.1, -0.05) is 44.2 Å². The van der Waals surface area contributed by atoms with Gasteiger partial charge in [0.1, 0.15) is 0 Å². The van der Waals surface area contributed by atoms with Gasteiger partial charge in [0, 0.05) is 6.54 Å². The van der Waals surface area contributed by atoms with Gasteiger partial charge in [0.15, 0.2) is 0 Å².